The summed E-state index contributed by atoms with van der Waals surface area (Å²) in [5, 5.41) is 3.31. The highest BCUT2D eigenvalue weighted by Gasteiger charge is 2.23. The van der Waals surface area contributed by atoms with Crippen LogP contribution < -0.4 is 5.32 Å². The zero-order valence-electron chi connectivity index (χ0n) is 13.5. The maximum atomic E-state index is 11.8. The molecule has 0 bridgehead atoms. The largest absolute Gasteiger partial charge is 0.468 e. The van der Waals surface area contributed by atoms with Gasteiger partial charge in [0.15, 0.2) is 0 Å². The van der Waals surface area contributed by atoms with E-state index in [9.17, 15) is 4.79 Å². The molecule has 0 spiro atoms. The minimum absolute atomic E-state index is 0.124. The number of likely N-dealkylation sites (tertiary alicyclic amines) is 1. The Bertz CT molecular complexity index is 271. The number of methoxy groups -OCH3 is 1. The Morgan fingerprint density at radius 3 is 2.80 bits per heavy atom. The Labute approximate surface area is 124 Å². The normalized spacial score (nSPS) is 22.2. The van der Waals surface area contributed by atoms with E-state index in [1.54, 1.807) is 0 Å². The Hall–Kier alpha value is -0.610. The van der Waals surface area contributed by atoms with Gasteiger partial charge < -0.3 is 15.0 Å². The van der Waals surface area contributed by atoms with E-state index in [0.29, 0.717) is 6.04 Å². The van der Waals surface area contributed by atoms with Crippen molar-refractivity contribution >= 4 is 5.97 Å². The first-order valence-electron chi connectivity index (χ1n) is 8.28. The molecule has 4 heteroatoms. The van der Waals surface area contributed by atoms with E-state index in [1.165, 1.54) is 45.8 Å². The van der Waals surface area contributed by atoms with Gasteiger partial charge in [-0.1, -0.05) is 26.7 Å². The summed E-state index contributed by atoms with van der Waals surface area (Å²) in [7, 11) is 1.48. The summed E-state index contributed by atoms with van der Waals surface area (Å²) >= 11 is 0. The number of nitrogens with zero attached hydrogens (tertiary/aromatic N) is 1. The fraction of sp³-hybridized carbons (Fsp3) is 0.938. The van der Waals surface area contributed by atoms with E-state index in [2.05, 4.69) is 24.1 Å². The average Bonchev–Trinajstić information content (AvgIpc) is 2.71. The van der Waals surface area contributed by atoms with Crippen LogP contribution in [0.3, 0.4) is 0 Å². The molecular weight excluding hydrogens is 252 g/mol. The predicted molar refractivity (Wildman–Crippen MR) is 82.8 cm³/mol. The van der Waals surface area contributed by atoms with Gasteiger partial charge in [0.25, 0.3) is 0 Å². The maximum Gasteiger partial charge on any atom is 0.322 e. The summed E-state index contributed by atoms with van der Waals surface area (Å²) in [4.78, 5) is 14.4. The highest BCUT2D eigenvalue weighted by molar-refractivity contribution is 5.75. The van der Waals surface area contributed by atoms with Crippen molar-refractivity contribution in [3.63, 3.8) is 0 Å². The lowest BCUT2D eigenvalue weighted by Crippen LogP contribution is -2.43. The quantitative estimate of drug-likeness (QED) is 0.696. The van der Waals surface area contributed by atoms with Crippen molar-refractivity contribution in [1.82, 2.24) is 10.2 Å². The van der Waals surface area contributed by atoms with Crippen LogP contribution >= 0.6 is 0 Å². The van der Waals surface area contributed by atoms with Crippen LogP contribution in [0.1, 0.15) is 58.8 Å². The first-order valence-corrected chi connectivity index (χ1v) is 8.28. The predicted octanol–water partition coefficient (Wildman–Crippen LogP) is 2.57. The highest BCUT2D eigenvalue weighted by Crippen LogP contribution is 2.19. The van der Waals surface area contributed by atoms with Gasteiger partial charge in [0, 0.05) is 12.6 Å². The summed E-state index contributed by atoms with van der Waals surface area (Å²) in [5.74, 6) is -0.124. The van der Waals surface area contributed by atoms with E-state index in [1.807, 2.05) is 0 Å². The first-order chi connectivity index (χ1) is 9.72. The SMILES string of the molecule is CCCNC(CCN1CCCCCC1CC)C(=O)OC. The fourth-order valence-corrected chi connectivity index (χ4v) is 3.05. The highest BCUT2D eigenvalue weighted by atomic mass is 16.5. The zero-order chi connectivity index (χ0) is 14.8. The van der Waals surface area contributed by atoms with Gasteiger partial charge in [-0.05, 0) is 45.2 Å². The molecule has 4 nitrogen and oxygen atoms in total. The van der Waals surface area contributed by atoms with E-state index >= 15 is 0 Å². The summed E-state index contributed by atoms with van der Waals surface area (Å²) in [6, 6.07) is 0.544. The van der Waals surface area contributed by atoms with E-state index in [4.69, 9.17) is 4.74 Å². The molecule has 0 aromatic rings. The maximum absolute atomic E-state index is 11.8. The van der Waals surface area contributed by atoms with Gasteiger partial charge in [-0.25, -0.2) is 0 Å². The number of ether oxygens (including phenoxy) is 1. The van der Waals surface area contributed by atoms with E-state index < -0.39 is 0 Å². The molecule has 0 aromatic heterocycles. The smallest absolute Gasteiger partial charge is 0.322 e. The Balaban J connectivity index is 2.48. The number of nitrogens with one attached hydrogen (secondary N) is 1. The summed E-state index contributed by atoms with van der Waals surface area (Å²) in [6.45, 7) is 7.44. The molecule has 0 radical (unpaired) electrons. The van der Waals surface area contributed by atoms with Crippen molar-refractivity contribution in [2.75, 3.05) is 26.7 Å². The minimum Gasteiger partial charge on any atom is -0.468 e. The number of carbonyl (C=O) groups is 1. The van der Waals surface area contributed by atoms with Crippen LogP contribution in [0.25, 0.3) is 0 Å². The molecule has 1 aliphatic heterocycles. The molecule has 1 saturated heterocycles. The third kappa shape index (κ3) is 5.80. The molecule has 0 saturated carbocycles. The van der Waals surface area contributed by atoms with Crippen LogP contribution in [0.15, 0.2) is 0 Å². The molecule has 1 rings (SSSR count). The van der Waals surface area contributed by atoms with Crippen molar-refractivity contribution < 1.29 is 9.53 Å². The molecule has 0 aliphatic carbocycles. The molecule has 0 aromatic carbocycles. The van der Waals surface area contributed by atoms with E-state index in [0.717, 1.165) is 25.9 Å². The van der Waals surface area contributed by atoms with Gasteiger partial charge >= 0.3 is 5.97 Å². The van der Waals surface area contributed by atoms with E-state index in [-0.39, 0.29) is 12.0 Å². The first kappa shape index (κ1) is 17.4. The molecule has 118 valence electrons. The van der Waals surface area contributed by atoms with Crippen molar-refractivity contribution in [1.29, 1.82) is 0 Å². The molecule has 2 atom stereocenters. The minimum atomic E-state index is -0.152. The second kappa shape index (κ2) is 10.2. The number of hydrogen-bond acceptors (Lipinski definition) is 4. The van der Waals surface area contributed by atoms with Crippen LogP contribution in [-0.4, -0.2) is 49.7 Å². The van der Waals surface area contributed by atoms with Gasteiger partial charge in [-0.2, -0.15) is 0 Å². The summed E-state index contributed by atoms with van der Waals surface area (Å²) in [6.07, 6.45) is 8.40. The van der Waals surface area contributed by atoms with Gasteiger partial charge in [0.05, 0.1) is 7.11 Å². The molecule has 1 N–H and O–H groups in total. The lowest BCUT2D eigenvalue weighted by Gasteiger charge is -2.30. The lowest BCUT2D eigenvalue weighted by atomic mass is 10.1. The van der Waals surface area contributed by atoms with Crippen LogP contribution in [0.5, 0.6) is 0 Å². The number of rotatable bonds is 8. The van der Waals surface area contributed by atoms with Crippen molar-refractivity contribution in [2.45, 2.75) is 70.9 Å². The molecule has 2 unspecified atom stereocenters. The summed E-state index contributed by atoms with van der Waals surface area (Å²) < 4.78 is 4.91. The number of carbonyl (C=O) groups excluding carboxylic acids is 1. The van der Waals surface area contributed by atoms with Crippen LogP contribution in [0.2, 0.25) is 0 Å². The third-order valence-corrected chi connectivity index (χ3v) is 4.30. The topological polar surface area (TPSA) is 41.6 Å². The van der Waals surface area contributed by atoms with Crippen LogP contribution in [0, 0.1) is 0 Å². The zero-order valence-corrected chi connectivity index (χ0v) is 13.5. The second-order valence-electron chi connectivity index (χ2n) is 5.77. The third-order valence-electron chi connectivity index (χ3n) is 4.30. The molecule has 1 fully saturated rings. The van der Waals surface area contributed by atoms with Crippen molar-refractivity contribution in [3.8, 4) is 0 Å². The molecule has 20 heavy (non-hydrogen) atoms. The fourth-order valence-electron chi connectivity index (χ4n) is 3.05. The van der Waals surface area contributed by atoms with Gasteiger partial charge in [-0.15, -0.1) is 0 Å². The second-order valence-corrected chi connectivity index (χ2v) is 5.77. The van der Waals surface area contributed by atoms with Crippen LogP contribution in [0.4, 0.5) is 0 Å². The van der Waals surface area contributed by atoms with Crippen LogP contribution in [-0.2, 0) is 9.53 Å². The monoisotopic (exact) mass is 284 g/mol. The standard InChI is InChI=1S/C16H32N2O2/c1-4-11-17-15(16(19)20-3)10-13-18-12-8-6-7-9-14(18)5-2/h14-15,17H,4-13H2,1-3H3. The summed E-state index contributed by atoms with van der Waals surface area (Å²) in [5.41, 5.74) is 0. The van der Waals surface area contributed by atoms with Crippen molar-refractivity contribution in [2.24, 2.45) is 0 Å². The Morgan fingerprint density at radius 1 is 1.35 bits per heavy atom. The Morgan fingerprint density at radius 2 is 2.15 bits per heavy atom. The molecular formula is C16H32N2O2. The Kier molecular flexibility index (Phi) is 8.86. The molecule has 0 amide bonds. The van der Waals surface area contributed by atoms with Gasteiger partial charge in [-0.3, -0.25) is 4.79 Å². The molecule has 1 heterocycles. The number of hydrogen-bond donors (Lipinski definition) is 1. The van der Waals surface area contributed by atoms with Gasteiger partial charge in [0.2, 0.25) is 0 Å². The molecule has 1 aliphatic rings. The lowest BCUT2D eigenvalue weighted by molar-refractivity contribution is -0.143. The average molecular weight is 284 g/mol. The number of esters is 1. The van der Waals surface area contributed by atoms with Gasteiger partial charge in [0.1, 0.15) is 6.04 Å². The van der Waals surface area contributed by atoms with Crippen molar-refractivity contribution in [3.05, 3.63) is 0 Å².